The Bertz CT molecular complexity index is 400. The van der Waals surface area contributed by atoms with Gasteiger partial charge in [-0.1, -0.05) is 13.0 Å². The Morgan fingerprint density at radius 1 is 1.44 bits per heavy atom. The molecule has 1 aromatic rings. The summed E-state index contributed by atoms with van der Waals surface area (Å²) in [6.07, 6.45) is 0.990. The van der Waals surface area contributed by atoms with Crippen LogP contribution in [-0.2, 0) is 0 Å². The summed E-state index contributed by atoms with van der Waals surface area (Å²) < 4.78 is 13.2. The largest absolute Gasteiger partial charge is 0.369 e. The maximum absolute atomic E-state index is 13.2. The van der Waals surface area contributed by atoms with E-state index in [-0.39, 0.29) is 11.9 Å². The first kappa shape index (κ1) is 14.5. The third kappa shape index (κ3) is 4.34. The van der Waals surface area contributed by atoms with Crippen molar-refractivity contribution < 1.29 is 4.39 Å². The molecule has 1 N–H and O–H groups in total. The van der Waals surface area contributed by atoms with Gasteiger partial charge in [0.25, 0.3) is 0 Å². The molecule has 18 heavy (non-hydrogen) atoms. The lowest BCUT2D eigenvalue weighted by molar-refractivity contribution is 0.580. The van der Waals surface area contributed by atoms with Crippen molar-refractivity contribution in [1.82, 2.24) is 5.32 Å². The van der Waals surface area contributed by atoms with Crippen molar-refractivity contribution in [3.63, 3.8) is 0 Å². The number of nitrogens with zero attached hydrogens (tertiary/aromatic N) is 2. The minimum atomic E-state index is -0.249. The number of benzene rings is 1. The number of halogens is 1. The molecule has 4 heteroatoms. The van der Waals surface area contributed by atoms with Crippen molar-refractivity contribution in [2.75, 3.05) is 24.5 Å². The highest BCUT2D eigenvalue weighted by Crippen LogP contribution is 2.15. The van der Waals surface area contributed by atoms with Crippen molar-refractivity contribution in [1.29, 1.82) is 5.26 Å². The topological polar surface area (TPSA) is 39.1 Å². The zero-order chi connectivity index (χ0) is 13.4. The average Bonchev–Trinajstić information content (AvgIpc) is 2.39. The van der Waals surface area contributed by atoms with Crippen LogP contribution in [0.3, 0.4) is 0 Å². The van der Waals surface area contributed by atoms with E-state index < -0.39 is 0 Å². The number of hydrogen-bond acceptors (Lipinski definition) is 3. The highest BCUT2D eigenvalue weighted by molar-refractivity contribution is 5.46. The number of anilines is 1. The summed E-state index contributed by atoms with van der Waals surface area (Å²) in [6.45, 7) is 6.19. The van der Waals surface area contributed by atoms with E-state index in [4.69, 9.17) is 5.26 Å². The molecule has 0 heterocycles. The third-order valence-electron chi connectivity index (χ3n) is 2.75. The molecule has 0 saturated carbocycles. The second kappa shape index (κ2) is 7.67. The molecule has 1 aromatic carbocycles. The minimum Gasteiger partial charge on any atom is -0.369 e. The van der Waals surface area contributed by atoms with Crippen LogP contribution < -0.4 is 10.2 Å². The lowest BCUT2D eigenvalue weighted by atomic mass is 10.2. The molecular formula is C14H20FN3. The van der Waals surface area contributed by atoms with Crippen molar-refractivity contribution in [3.8, 4) is 6.07 Å². The molecule has 3 nitrogen and oxygen atoms in total. The lowest BCUT2D eigenvalue weighted by Crippen LogP contribution is -2.40. The highest BCUT2D eigenvalue weighted by atomic mass is 19.1. The van der Waals surface area contributed by atoms with Crippen LogP contribution in [0.2, 0.25) is 0 Å². The summed E-state index contributed by atoms with van der Waals surface area (Å²) in [7, 11) is 0. The van der Waals surface area contributed by atoms with Crippen LogP contribution in [0.4, 0.5) is 10.1 Å². The molecule has 0 aromatic heterocycles. The maximum Gasteiger partial charge on any atom is 0.125 e. The summed E-state index contributed by atoms with van der Waals surface area (Å²) in [4.78, 5) is 2.00. The van der Waals surface area contributed by atoms with Crippen LogP contribution in [0.5, 0.6) is 0 Å². The van der Waals surface area contributed by atoms with E-state index in [0.717, 1.165) is 25.2 Å². The van der Waals surface area contributed by atoms with Crippen LogP contribution in [0.25, 0.3) is 0 Å². The molecular weight excluding hydrogens is 229 g/mol. The zero-order valence-electron chi connectivity index (χ0n) is 11.0. The summed E-state index contributed by atoms with van der Waals surface area (Å²) in [5.41, 5.74) is 0.816. The third-order valence-corrected chi connectivity index (χ3v) is 2.75. The van der Waals surface area contributed by atoms with Gasteiger partial charge in [0.15, 0.2) is 0 Å². The van der Waals surface area contributed by atoms with Crippen molar-refractivity contribution >= 4 is 5.69 Å². The molecule has 1 unspecified atom stereocenters. The van der Waals surface area contributed by atoms with Gasteiger partial charge in [0.1, 0.15) is 11.9 Å². The normalized spacial score (nSPS) is 11.9. The van der Waals surface area contributed by atoms with Gasteiger partial charge in [0, 0.05) is 18.8 Å². The van der Waals surface area contributed by atoms with Crippen LogP contribution in [0.1, 0.15) is 20.3 Å². The fourth-order valence-electron chi connectivity index (χ4n) is 1.78. The van der Waals surface area contributed by atoms with Crippen molar-refractivity contribution in [3.05, 3.63) is 30.1 Å². The number of nitriles is 1. The van der Waals surface area contributed by atoms with Gasteiger partial charge in [-0.05, 0) is 38.1 Å². The van der Waals surface area contributed by atoms with Crippen molar-refractivity contribution in [2.45, 2.75) is 26.3 Å². The zero-order valence-corrected chi connectivity index (χ0v) is 11.0. The fraction of sp³-hybridized carbons (Fsp3) is 0.500. The molecule has 0 spiro atoms. The standard InChI is InChI=1S/C14H20FN3/c1-3-8-17-13(10-16)11-18(4-2)14-7-5-6-12(15)9-14/h5-7,9,13,17H,3-4,8,11H2,1-2H3. The summed E-state index contributed by atoms with van der Waals surface area (Å²) in [5, 5.41) is 12.3. The predicted octanol–water partition coefficient (Wildman–Crippen LogP) is 2.54. The highest BCUT2D eigenvalue weighted by Gasteiger charge is 2.12. The van der Waals surface area contributed by atoms with E-state index in [2.05, 4.69) is 18.3 Å². The Kier molecular flexibility index (Phi) is 6.16. The molecule has 0 aliphatic rings. The van der Waals surface area contributed by atoms with Crippen LogP contribution in [0.15, 0.2) is 24.3 Å². The minimum absolute atomic E-state index is 0.229. The van der Waals surface area contributed by atoms with Crippen LogP contribution in [-0.4, -0.2) is 25.7 Å². The number of nitrogens with one attached hydrogen (secondary N) is 1. The molecule has 0 bridgehead atoms. The molecule has 0 aliphatic heterocycles. The van der Waals surface area contributed by atoms with E-state index in [1.807, 2.05) is 17.9 Å². The van der Waals surface area contributed by atoms with Gasteiger partial charge in [-0.25, -0.2) is 4.39 Å². The molecule has 0 aliphatic carbocycles. The van der Waals surface area contributed by atoms with Gasteiger partial charge < -0.3 is 10.2 Å². The van der Waals surface area contributed by atoms with E-state index in [1.165, 1.54) is 12.1 Å². The van der Waals surface area contributed by atoms with E-state index in [0.29, 0.717) is 6.54 Å². The first-order chi connectivity index (χ1) is 8.71. The second-order valence-electron chi connectivity index (χ2n) is 4.15. The fourth-order valence-corrected chi connectivity index (χ4v) is 1.78. The predicted molar refractivity (Wildman–Crippen MR) is 72.0 cm³/mol. The van der Waals surface area contributed by atoms with E-state index >= 15 is 0 Å². The molecule has 0 radical (unpaired) electrons. The number of likely N-dealkylation sites (N-methyl/N-ethyl adjacent to an activating group) is 1. The Morgan fingerprint density at radius 2 is 2.22 bits per heavy atom. The van der Waals surface area contributed by atoms with E-state index in [1.54, 1.807) is 6.07 Å². The van der Waals surface area contributed by atoms with Crippen molar-refractivity contribution in [2.24, 2.45) is 0 Å². The Morgan fingerprint density at radius 3 is 2.78 bits per heavy atom. The van der Waals surface area contributed by atoms with Crippen LogP contribution in [0, 0.1) is 17.1 Å². The monoisotopic (exact) mass is 249 g/mol. The number of hydrogen-bond donors (Lipinski definition) is 1. The molecule has 0 fully saturated rings. The Hall–Kier alpha value is -1.60. The Labute approximate surface area is 108 Å². The molecule has 98 valence electrons. The molecule has 0 saturated heterocycles. The summed E-state index contributed by atoms with van der Waals surface area (Å²) >= 11 is 0. The van der Waals surface area contributed by atoms with Gasteiger partial charge in [0.2, 0.25) is 0 Å². The first-order valence-electron chi connectivity index (χ1n) is 6.34. The second-order valence-corrected chi connectivity index (χ2v) is 4.15. The van der Waals surface area contributed by atoms with E-state index in [9.17, 15) is 4.39 Å². The van der Waals surface area contributed by atoms with Gasteiger partial charge in [-0.2, -0.15) is 5.26 Å². The quantitative estimate of drug-likeness (QED) is 0.807. The first-order valence-corrected chi connectivity index (χ1v) is 6.34. The molecule has 0 amide bonds. The number of rotatable bonds is 7. The average molecular weight is 249 g/mol. The lowest BCUT2D eigenvalue weighted by Gasteiger charge is -2.25. The molecule has 1 rings (SSSR count). The van der Waals surface area contributed by atoms with Crippen LogP contribution >= 0.6 is 0 Å². The smallest absolute Gasteiger partial charge is 0.125 e. The van der Waals surface area contributed by atoms with Gasteiger partial charge in [0.05, 0.1) is 6.07 Å². The SMILES string of the molecule is CCCNC(C#N)CN(CC)c1cccc(F)c1. The van der Waals surface area contributed by atoms with Gasteiger partial charge in [-0.15, -0.1) is 0 Å². The Balaban J connectivity index is 2.69. The van der Waals surface area contributed by atoms with Gasteiger partial charge >= 0.3 is 0 Å². The summed E-state index contributed by atoms with van der Waals surface area (Å²) in [5.74, 6) is -0.249. The summed E-state index contributed by atoms with van der Waals surface area (Å²) in [6, 6.07) is 8.48. The molecule has 1 atom stereocenters. The maximum atomic E-state index is 13.2. The van der Waals surface area contributed by atoms with Gasteiger partial charge in [-0.3, -0.25) is 0 Å².